The van der Waals surface area contributed by atoms with Crippen LogP contribution in [0.5, 0.6) is 5.75 Å². The molecule has 2 heterocycles. The number of hydrogen-bond donors (Lipinski definition) is 1. The summed E-state index contributed by atoms with van der Waals surface area (Å²) in [5.41, 5.74) is 4.69. The predicted molar refractivity (Wildman–Crippen MR) is 143 cm³/mol. The normalized spacial score (nSPS) is 13.3. The van der Waals surface area contributed by atoms with E-state index in [0.29, 0.717) is 32.4 Å². The van der Waals surface area contributed by atoms with Gasteiger partial charge in [-0.1, -0.05) is 30.9 Å². The van der Waals surface area contributed by atoms with Crippen LogP contribution in [0.2, 0.25) is 0 Å². The van der Waals surface area contributed by atoms with Crippen LogP contribution >= 0.6 is 0 Å². The minimum atomic E-state index is 0.432. The number of nitrogens with zero attached hydrogens (tertiary/aromatic N) is 3. The van der Waals surface area contributed by atoms with Gasteiger partial charge in [-0.05, 0) is 61.8 Å². The second-order valence-electron chi connectivity index (χ2n) is 8.59. The van der Waals surface area contributed by atoms with E-state index in [-0.39, 0.29) is 0 Å². The van der Waals surface area contributed by atoms with E-state index in [1.54, 1.807) is 12.3 Å². The Hall–Kier alpha value is -3.68. The maximum atomic E-state index is 6.13. The van der Waals surface area contributed by atoms with Crippen molar-refractivity contribution >= 4 is 11.6 Å². The molecule has 36 heavy (non-hydrogen) atoms. The molecule has 1 fully saturated rings. The van der Waals surface area contributed by atoms with Crippen molar-refractivity contribution in [1.29, 1.82) is 0 Å². The molecule has 1 N–H and O–H groups in total. The van der Waals surface area contributed by atoms with Gasteiger partial charge in [0.05, 0.1) is 25.2 Å². The van der Waals surface area contributed by atoms with Gasteiger partial charge in [-0.15, -0.1) is 6.58 Å². The van der Waals surface area contributed by atoms with E-state index >= 15 is 0 Å². The minimum Gasteiger partial charge on any atom is -0.497 e. The van der Waals surface area contributed by atoms with Crippen LogP contribution in [0, 0.1) is 0 Å². The highest BCUT2D eigenvalue weighted by molar-refractivity contribution is 5.63. The molecule has 0 spiro atoms. The van der Waals surface area contributed by atoms with E-state index in [4.69, 9.17) is 19.2 Å². The van der Waals surface area contributed by atoms with Crippen LogP contribution < -0.4 is 10.1 Å². The van der Waals surface area contributed by atoms with Crippen LogP contribution in [0.1, 0.15) is 24.0 Å². The van der Waals surface area contributed by atoms with Crippen LogP contribution in [-0.2, 0) is 22.7 Å². The maximum Gasteiger partial charge on any atom is 0.227 e. The number of hydrogen-bond acceptors (Lipinski definition) is 7. The SMILES string of the molecule is C=CCOCc1cc(Nc2nccc(-c3cccc(COC=C)c3)n2)ccc1OCCN1CCCC1. The Morgan fingerprint density at radius 2 is 1.92 bits per heavy atom. The molecule has 0 aliphatic carbocycles. The average Bonchev–Trinajstić information content (AvgIpc) is 3.43. The lowest BCUT2D eigenvalue weighted by Crippen LogP contribution is -2.25. The van der Waals surface area contributed by atoms with Crippen molar-refractivity contribution in [1.82, 2.24) is 14.9 Å². The molecule has 1 aliphatic heterocycles. The molecule has 0 unspecified atom stereocenters. The van der Waals surface area contributed by atoms with Gasteiger partial charge in [0.25, 0.3) is 0 Å². The van der Waals surface area contributed by atoms with Crippen LogP contribution in [0.4, 0.5) is 11.6 Å². The molecule has 1 aliphatic rings. The highest BCUT2D eigenvalue weighted by Gasteiger charge is 2.12. The topological polar surface area (TPSA) is 68.7 Å². The van der Waals surface area contributed by atoms with Gasteiger partial charge >= 0.3 is 0 Å². The van der Waals surface area contributed by atoms with E-state index in [1.807, 2.05) is 42.5 Å². The zero-order valence-corrected chi connectivity index (χ0v) is 20.7. The molecule has 188 valence electrons. The Morgan fingerprint density at radius 1 is 1.03 bits per heavy atom. The quantitative estimate of drug-likeness (QED) is 0.177. The molecule has 2 aromatic carbocycles. The fourth-order valence-electron chi connectivity index (χ4n) is 4.14. The first-order valence-corrected chi connectivity index (χ1v) is 12.3. The molecule has 4 rings (SSSR count). The average molecular weight is 487 g/mol. The smallest absolute Gasteiger partial charge is 0.227 e. The molecular weight excluding hydrogens is 452 g/mol. The Balaban J connectivity index is 1.46. The van der Waals surface area contributed by atoms with Gasteiger partial charge in [0.15, 0.2) is 0 Å². The molecule has 3 aromatic rings. The third kappa shape index (κ3) is 7.41. The maximum absolute atomic E-state index is 6.13. The van der Waals surface area contributed by atoms with E-state index in [0.717, 1.165) is 53.5 Å². The van der Waals surface area contributed by atoms with Gasteiger partial charge in [-0.3, -0.25) is 4.90 Å². The predicted octanol–water partition coefficient (Wildman–Crippen LogP) is 5.72. The summed E-state index contributed by atoms with van der Waals surface area (Å²) in [5.74, 6) is 1.35. The monoisotopic (exact) mass is 486 g/mol. The number of benzene rings is 2. The summed E-state index contributed by atoms with van der Waals surface area (Å²) >= 11 is 0. The zero-order valence-electron chi connectivity index (χ0n) is 20.7. The fraction of sp³-hybridized carbons (Fsp3) is 0.310. The minimum absolute atomic E-state index is 0.432. The lowest BCUT2D eigenvalue weighted by molar-refractivity contribution is 0.144. The molecule has 0 bridgehead atoms. The molecule has 7 heteroatoms. The number of likely N-dealkylation sites (tertiary alicyclic amines) is 1. The summed E-state index contributed by atoms with van der Waals surface area (Å²) < 4.78 is 17.2. The second-order valence-corrected chi connectivity index (χ2v) is 8.59. The van der Waals surface area contributed by atoms with Crippen molar-refractivity contribution in [3.63, 3.8) is 0 Å². The Kier molecular flexibility index (Phi) is 9.47. The number of rotatable bonds is 14. The summed E-state index contributed by atoms with van der Waals surface area (Å²) in [7, 11) is 0. The number of ether oxygens (including phenoxy) is 3. The third-order valence-electron chi connectivity index (χ3n) is 5.92. The fourth-order valence-corrected chi connectivity index (χ4v) is 4.14. The van der Waals surface area contributed by atoms with Crippen LogP contribution in [0.25, 0.3) is 11.3 Å². The van der Waals surface area contributed by atoms with Crippen LogP contribution in [0.15, 0.2) is 80.2 Å². The molecule has 0 atom stereocenters. The van der Waals surface area contributed by atoms with Gasteiger partial charge in [-0.2, -0.15) is 0 Å². The molecule has 0 radical (unpaired) electrons. The Morgan fingerprint density at radius 3 is 2.75 bits per heavy atom. The molecular formula is C29H34N4O3. The van der Waals surface area contributed by atoms with Gasteiger partial charge in [0.1, 0.15) is 19.0 Å². The lowest BCUT2D eigenvalue weighted by atomic mass is 10.1. The lowest BCUT2D eigenvalue weighted by Gasteiger charge is -2.17. The van der Waals surface area contributed by atoms with Crippen molar-refractivity contribution in [2.45, 2.75) is 26.1 Å². The third-order valence-corrected chi connectivity index (χ3v) is 5.92. The molecule has 0 amide bonds. The Bertz CT molecular complexity index is 1140. The molecule has 7 nitrogen and oxygen atoms in total. The van der Waals surface area contributed by atoms with E-state index in [2.05, 4.69) is 34.4 Å². The summed E-state index contributed by atoms with van der Waals surface area (Å²) in [5, 5.41) is 3.32. The van der Waals surface area contributed by atoms with Gasteiger partial charge in [-0.25, -0.2) is 9.97 Å². The standard InChI is InChI=1S/C29H34N4O3/c1-3-17-35-22-25-20-26(10-11-28(25)36-18-16-33-14-5-6-15-33)31-29-30-13-12-27(32-29)24-9-7-8-23(19-24)21-34-4-2/h3-4,7-13,19-20H,1-2,5-6,14-18,21-22H2,(H,30,31,32). The number of aromatic nitrogens is 2. The van der Waals surface area contributed by atoms with Gasteiger partial charge in [0.2, 0.25) is 5.95 Å². The molecule has 0 saturated carbocycles. The van der Waals surface area contributed by atoms with Gasteiger partial charge < -0.3 is 19.5 Å². The second kappa shape index (κ2) is 13.4. The van der Waals surface area contributed by atoms with Crippen LogP contribution in [0.3, 0.4) is 0 Å². The molecule has 1 aromatic heterocycles. The van der Waals surface area contributed by atoms with Crippen molar-refractivity contribution in [3.05, 3.63) is 91.4 Å². The summed E-state index contributed by atoms with van der Waals surface area (Å²) in [6.07, 6.45) is 7.49. The van der Waals surface area contributed by atoms with E-state index < -0.39 is 0 Å². The Labute approximate surface area is 213 Å². The zero-order chi connectivity index (χ0) is 25.0. The largest absolute Gasteiger partial charge is 0.497 e. The highest BCUT2D eigenvalue weighted by Crippen LogP contribution is 2.26. The summed E-state index contributed by atoms with van der Waals surface area (Å²) in [6.45, 7) is 12.6. The van der Waals surface area contributed by atoms with Gasteiger partial charge in [0, 0.05) is 29.6 Å². The first-order chi connectivity index (χ1) is 17.7. The van der Waals surface area contributed by atoms with E-state index in [1.165, 1.54) is 19.1 Å². The van der Waals surface area contributed by atoms with Crippen molar-refractivity contribution in [2.75, 3.05) is 38.2 Å². The number of anilines is 2. The first-order valence-electron chi connectivity index (χ1n) is 12.3. The first kappa shape index (κ1) is 25.4. The molecule has 1 saturated heterocycles. The van der Waals surface area contributed by atoms with E-state index in [9.17, 15) is 0 Å². The van der Waals surface area contributed by atoms with Crippen molar-refractivity contribution in [2.24, 2.45) is 0 Å². The summed E-state index contributed by atoms with van der Waals surface area (Å²) in [6, 6.07) is 16.0. The summed E-state index contributed by atoms with van der Waals surface area (Å²) in [4.78, 5) is 11.6. The number of nitrogens with one attached hydrogen (secondary N) is 1. The van der Waals surface area contributed by atoms with Crippen molar-refractivity contribution < 1.29 is 14.2 Å². The van der Waals surface area contributed by atoms with Crippen molar-refractivity contribution in [3.8, 4) is 17.0 Å². The van der Waals surface area contributed by atoms with Crippen LogP contribution in [-0.4, -0.2) is 47.7 Å². The highest BCUT2D eigenvalue weighted by atomic mass is 16.5.